The molecule has 3 nitrogen and oxygen atoms in total. The first-order chi connectivity index (χ1) is 8.79. The first kappa shape index (κ1) is 12.8. The third kappa shape index (κ3) is 3.44. The number of thiophene rings is 1. The van der Waals surface area contributed by atoms with E-state index in [-0.39, 0.29) is 17.5 Å². The Hall–Kier alpha value is -1.60. The SMILES string of the molecule is N#C/C(=C/c1ccsc1)C(=O)NC1CCCCC1. The van der Waals surface area contributed by atoms with Crippen LogP contribution < -0.4 is 5.32 Å². The van der Waals surface area contributed by atoms with Crippen molar-refractivity contribution in [3.63, 3.8) is 0 Å². The van der Waals surface area contributed by atoms with Crippen LogP contribution in [-0.4, -0.2) is 11.9 Å². The van der Waals surface area contributed by atoms with Gasteiger partial charge in [0.1, 0.15) is 11.6 Å². The van der Waals surface area contributed by atoms with E-state index >= 15 is 0 Å². The second kappa shape index (κ2) is 6.36. The van der Waals surface area contributed by atoms with Gasteiger partial charge in [-0.15, -0.1) is 0 Å². The summed E-state index contributed by atoms with van der Waals surface area (Å²) >= 11 is 1.55. The van der Waals surface area contributed by atoms with Crippen molar-refractivity contribution in [1.29, 1.82) is 5.26 Å². The summed E-state index contributed by atoms with van der Waals surface area (Å²) < 4.78 is 0. The Balaban J connectivity index is 2.00. The van der Waals surface area contributed by atoms with Crippen LogP contribution in [0.3, 0.4) is 0 Å². The van der Waals surface area contributed by atoms with Gasteiger partial charge in [-0.2, -0.15) is 16.6 Å². The molecular formula is C14H16N2OS. The van der Waals surface area contributed by atoms with Gasteiger partial charge in [-0.05, 0) is 41.3 Å². The van der Waals surface area contributed by atoms with E-state index in [1.165, 1.54) is 19.3 Å². The van der Waals surface area contributed by atoms with E-state index in [0.29, 0.717) is 0 Å². The van der Waals surface area contributed by atoms with Crippen LogP contribution in [0.2, 0.25) is 0 Å². The highest BCUT2D eigenvalue weighted by Crippen LogP contribution is 2.18. The van der Waals surface area contributed by atoms with Crippen molar-refractivity contribution in [2.45, 2.75) is 38.1 Å². The molecule has 1 heterocycles. The van der Waals surface area contributed by atoms with E-state index in [0.717, 1.165) is 18.4 Å². The van der Waals surface area contributed by atoms with Gasteiger partial charge in [0.25, 0.3) is 5.91 Å². The van der Waals surface area contributed by atoms with Crippen LogP contribution in [0.25, 0.3) is 6.08 Å². The van der Waals surface area contributed by atoms with E-state index in [1.807, 2.05) is 22.9 Å². The second-order valence-electron chi connectivity index (χ2n) is 4.53. The van der Waals surface area contributed by atoms with Crippen LogP contribution in [0.15, 0.2) is 22.4 Å². The molecule has 4 heteroatoms. The summed E-state index contributed by atoms with van der Waals surface area (Å²) in [6.07, 6.45) is 7.30. The van der Waals surface area contributed by atoms with Crippen molar-refractivity contribution in [1.82, 2.24) is 5.32 Å². The van der Waals surface area contributed by atoms with Crippen molar-refractivity contribution in [3.05, 3.63) is 28.0 Å². The molecule has 1 aliphatic rings. The second-order valence-corrected chi connectivity index (χ2v) is 5.31. The quantitative estimate of drug-likeness (QED) is 0.670. The number of nitrogens with one attached hydrogen (secondary N) is 1. The molecule has 0 aliphatic heterocycles. The minimum atomic E-state index is -0.240. The predicted octanol–water partition coefficient (Wildman–Crippen LogP) is 3.10. The molecule has 0 radical (unpaired) electrons. The van der Waals surface area contributed by atoms with E-state index < -0.39 is 0 Å². The average Bonchev–Trinajstić information content (AvgIpc) is 2.90. The zero-order valence-electron chi connectivity index (χ0n) is 10.2. The summed E-state index contributed by atoms with van der Waals surface area (Å²) in [5.74, 6) is -0.240. The maximum atomic E-state index is 12.0. The molecule has 0 bridgehead atoms. The van der Waals surface area contributed by atoms with Gasteiger partial charge < -0.3 is 5.32 Å². The number of hydrogen-bond donors (Lipinski definition) is 1. The van der Waals surface area contributed by atoms with E-state index in [4.69, 9.17) is 5.26 Å². The highest BCUT2D eigenvalue weighted by Gasteiger charge is 2.17. The lowest BCUT2D eigenvalue weighted by molar-refractivity contribution is -0.117. The third-order valence-electron chi connectivity index (χ3n) is 3.16. The van der Waals surface area contributed by atoms with Gasteiger partial charge in [0.2, 0.25) is 0 Å². The number of carbonyl (C=O) groups is 1. The molecule has 2 rings (SSSR count). The first-order valence-corrected chi connectivity index (χ1v) is 7.19. The summed E-state index contributed by atoms with van der Waals surface area (Å²) in [4.78, 5) is 12.0. The molecule has 0 spiro atoms. The fourth-order valence-electron chi connectivity index (χ4n) is 2.18. The van der Waals surface area contributed by atoms with Crippen LogP contribution in [0.4, 0.5) is 0 Å². The smallest absolute Gasteiger partial charge is 0.262 e. The Bertz CT molecular complexity index is 464. The van der Waals surface area contributed by atoms with Crippen LogP contribution in [0.5, 0.6) is 0 Å². The van der Waals surface area contributed by atoms with E-state index in [2.05, 4.69) is 5.32 Å². The molecule has 1 aromatic heterocycles. The Morgan fingerprint density at radius 2 is 2.22 bits per heavy atom. The van der Waals surface area contributed by atoms with Crippen molar-refractivity contribution in [2.75, 3.05) is 0 Å². The fourth-order valence-corrected chi connectivity index (χ4v) is 2.80. The molecular weight excluding hydrogens is 244 g/mol. The molecule has 0 aromatic carbocycles. The average molecular weight is 260 g/mol. The number of nitriles is 1. The molecule has 1 aromatic rings. The lowest BCUT2D eigenvalue weighted by Gasteiger charge is -2.22. The number of nitrogens with zero attached hydrogens (tertiary/aromatic N) is 1. The Morgan fingerprint density at radius 3 is 2.83 bits per heavy atom. The van der Waals surface area contributed by atoms with E-state index in [9.17, 15) is 4.79 Å². The van der Waals surface area contributed by atoms with Crippen molar-refractivity contribution in [3.8, 4) is 6.07 Å². The fraction of sp³-hybridized carbons (Fsp3) is 0.429. The molecule has 1 saturated carbocycles. The Morgan fingerprint density at radius 1 is 1.44 bits per heavy atom. The van der Waals surface area contributed by atoms with Gasteiger partial charge in [0.15, 0.2) is 0 Å². The van der Waals surface area contributed by atoms with E-state index in [1.54, 1.807) is 17.4 Å². The summed E-state index contributed by atoms with van der Waals surface area (Å²) in [6.45, 7) is 0. The normalized spacial score (nSPS) is 17.2. The standard InChI is InChI=1S/C14H16N2OS/c15-9-12(8-11-6-7-18-10-11)14(17)16-13-4-2-1-3-5-13/h6-8,10,13H,1-5H2,(H,16,17)/b12-8-. The van der Waals surface area contributed by atoms with Gasteiger partial charge >= 0.3 is 0 Å². The largest absolute Gasteiger partial charge is 0.349 e. The summed E-state index contributed by atoms with van der Waals surface area (Å²) in [7, 11) is 0. The molecule has 1 fully saturated rings. The van der Waals surface area contributed by atoms with Crippen LogP contribution >= 0.6 is 11.3 Å². The maximum Gasteiger partial charge on any atom is 0.262 e. The summed E-state index contributed by atoms with van der Waals surface area (Å²) in [5.41, 5.74) is 1.11. The first-order valence-electron chi connectivity index (χ1n) is 6.24. The van der Waals surface area contributed by atoms with Crippen LogP contribution in [-0.2, 0) is 4.79 Å². The number of amides is 1. The molecule has 18 heavy (non-hydrogen) atoms. The number of hydrogen-bond acceptors (Lipinski definition) is 3. The van der Waals surface area contributed by atoms with Crippen LogP contribution in [0, 0.1) is 11.3 Å². The minimum Gasteiger partial charge on any atom is -0.349 e. The van der Waals surface area contributed by atoms with Gasteiger partial charge in [-0.3, -0.25) is 4.79 Å². The molecule has 0 unspecified atom stereocenters. The zero-order valence-corrected chi connectivity index (χ0v) is 11.0. The Kier molecular flexibility index (Phi) is 4.54. The lowest BCUT2D eigenvalue weighted by Crippen LogP contribution is -2.36. The van der Waals surface area contributed by atoms with Gasteiger partial charge in [0, 0.05) is 6.04 Å². The molecule has 1 N–H and O–H groups in total. The van der Waals surface area contributed by atoms with Crippen LogP contribution in [0.1, 0.15) is 37.7 Å². The van der Waals surface area contributed by atoms with Crippen molar-refractivity contribution >= 4 is 23.3 Å². The van der Waals surface area contributed by atoms with Gasteiger partial charge in [-0.1, -0.05) is 19.3 Å². The minimum absolute atomic E-state index is 0.193. The summed E-state index contributed by atoms with van der Waals surface area (Å²) in [5, 5.41) is 15.9. The number of carbonyl (C=O) groups excluding carboxylic acids is 1. The molecule has 1 aliphatic carbocycles. The highest BCUT2D eigenvalue weighted by atomic mass is 32.1. The Labute approximate surface area is 111 Å². The molecule has 94 valence electrons. The monoisotopic (exact) mass is 260 g/mol. The van der Waals surface area contributed by atoms with Crippen molar-refractivity contribution < 1.29 is 4.79 Å². The van der Waals surface area contributed by atoms with Gasteiger partial charge in [0.05, 0.1) is 0 Å². The zero-order chi connectivity index (χ0) is 12.8. The molecule has 1 amide bonds. The van der Waals surface area contributed by atoms with Gasteiger partial charge in [-0.25, -0.2) is 0 Å². The maximum absolute atomic E-state index is 12.0. The van der Waals surface area contributed by atoms with Crippen molar-refractivity contribution in [2.24, 2.45) is 0 Å². The molecule has 0 atom stereocenters. The third-order valence-corrected chi connectivity index (χ3v) is 3.86. The lowest BCUT2D eigenvalue weighted by atomic mass is 9.95. The predicted molar refractivity (Wildman–Crippen MR) is 72.9 cm³/mol. The molecule has 0 saturated heterocycles. The summed E-state index contributed by atoms with van der Waals surface area (Å²) in [6, 6.07) is 4.12. The topological polar surface area (TPSA) is 52.9 Å². The highest BCUT2D eigenvalue weighted by molar-refractivity contribution is 7.08. The number of rotatable bonds is 3.